The van der Waals surface area contributed by atoms with Crippen LogP contribution >= 0.6 is 0 Å². The van der Waals surface area contributed by atoms with Crippen molar-refractivity contribution in [2.45, 2.75) is 30.7 Å². The minimum atomic E-state index is -5.00. The van der Waals surface area contributed by atoms with E-state index < -0.39 is 32.6 Å². The van der Waals surface area contributed by atoms with Crippen LogP contribution in [0.5, 0.6) is 5.75 Å². The van der Waals surface area contributed by atoms with Gasteiger partial charge < -0.3 is 9.84 Å². The maximum absolute atomic E-state index is 12.3. The molecule has 0 aliphatic heterocycles. The van der Waals surface area contributed by atoms with Crippen molar-refractivity contribution in [3.8, 4) is 5.75 Å². The maximum atomic E-state index is 12.3. The van der Waals surface area contributed by atoms with Gasteiger partial charge in [0, 0.05) is 13.6 Å². The third-order valence-corrected chi connectivity index (χ3v) is 4.22. The first-order valence-corrected chi connectivity index (χ1v) is 7.30. The van der Waals surface area contributed by atoms with Crippen LogP contribution in [0.3, 0.4) is 0 Å². The van der Waals surface area contributed by atoms with Crippen LogP contribution in [0, 0.1) is 0 Å². The van der Waals surface area contributed by atoms with Gasteiger partial charge in [0.25, 0.3) is 0 Å². The molecule has 0 aromatic heterocycles. The van der Waals surface area contributed by atoms with E-state index in [0.717, 1.165) is 23.5 Å². The van der Waals surface area contributed by atoms with Crippen molar-refractivity contribution in [1.82, 2.24) is 4.31 Å². The molecule has 0 fully saturated rings. The first kappa shape index (κ1) is 17.7. The Morgan fingerprint density at radius 1 is 1.24 bits per heavy atom. The van der Waals surface area contributed by atoms with Gasteiger partial charge in [-0.15, -0.1) is 13.2 Å². The van der Waals surface area contributed by atoms with Crippen molar-refractivity contribution in [2.24, 2.45) is 0 Å². The number of para-hydroxylation sites is 1. The van der Waals surface area contributed by atoms with E-state index in [9.17, 15) is 26.7 Å². The summed E-state index contributed by atoms with van der Waals surface area (Å²) in [7, 11) is -3.06. The average molecular weight is 327 g/mol. The average Bonchev–Trinajstić information content (AvgIpc) is 2.24. The Morgan fingerprint density at radius 2 is 1.76 bits per heavy atom. The molecule has 0 bridgehead atoms. The van der Waals surface area contributed by atoms with Crippen LogP contribution < -0.4 is 4.74 Å². The van der Waals surface area contributed by atoms with Gasteiger partial charge in [-0.1, -0.05) is 12.1 Å². The third kappa shape index (κ3) is 5.18. The standard InChI is InChI=1S/C12H16F3NO4S/c1-11(2,17)8-16(3)21(18,19)10-7-5-4-6-9(10)20-12(13,14)15/h4-7,17H,8H2,1-3H3. The van der Waals surface area contributed by atoms with Gasteiger partial charge >= 0.3 is 6.36 Å². The molecule has 120 valence electrons. The summed E-state index contributed by atoms with van der Waals surface area (Å²) in [6.07, 6.45) is -5.00. The molecule has 0 aliphatic carbocycles. The molecule has 1 N–H and O–H groups in total. The number of alkyl halides is 3. The molecule has 0 unspecified atom stereocenters. The number of ether oxygens (including phenoxy) is 1. The molecular weight excluding hydrogens is 311 g/mol. The zero-order valence-corrected chi connectivity index (χ0v) is 12.5. The Balaban J connectivity index is 3.20. The summed E-state index contributed by atoms with van der Waals surface area (Å²) in [4.78, 5) is -0.617. The molecule has 0 heterocycles. The number of hydrogen-bond donors (Lipinski definition) is 1. The fourth-order valence-corrected chi connectivity index (χ4v) is 3.11. The summed E-state index contributed by atoms with van der Waals surface area (Å²) in [6.45, 7) is 2.49. The second-order valence-electron chi connectivity index (χ2n) is 5.07. The van der Waals surface area contributed by atoms with Gasteiger partial charge in [0.05, 0.1) is 5.60 Å². The van der Waals surface area contributed by atoms with Crippen LogP contribution in [0.2, 0.25) is 0 Å². The molecule has 5 nitrogen and oxygen atoms in total. The minimum absolute atomic E-state index is 0.282. The first-order chi connectivity index (χ1) is 9.33. The Hall–Kier alpha value is -1.32. The zero-order valence-electron chi connectivity index (χ0n) is 11.7. The van der Waals surface area contributed by atoms with E-state index in [1.165, 1.54) is 26.0 Å². The van der Waals surface area contributed by atoms with E-state index >= 15 is 0 Å². The predicted octanol–water partition coefficient (Wildman–Crippen LogP) is 1.98. The monoisotopic (exact) mass is 327 g/mol. The van der Waals surface area contributed by atoms with E-state index in [0.29, 0.717) is 0 Å². The van der Waals surface area contributed by atoms with Crippen LogP contribution in [0.25, 0.3) is 0 Å². The first-order valence-electron chi connectivity index (χ1n) is 5.86. The van der Waals surface area contributed by atoms with E-state index in [1.807, 2.05) is 0 Å². The van der Waals surface area contributed by atoms with Crippen molar-refractivity contribution in [1.29, 1.82) is 0 Å². The van der Waals surface area contributed by atoms with Gasteiger partial charge in [-0.3, -0.25) is 0 Å². The van der Waals surface area contributed by atoms with Gasteiger partial charge in [-0.25, -0.2) is 8.42 Å². The van der Waals surface area contributed by atoms with Crippen LogP contribution in [-0.2, 0) is 10.0 Å². The lowest BCUT2D eigenvalue weighted by atomic mass is 10.1. The summed E-state index contributed by atoms with van der Waals surface area (Å²) in [5, 5.41) is 9.64. The maximum Gasteiger partial charge on any atom is 0.573 e. The van der Waals surface area contributed by atoms with Gasteiger partial charge in [0.1, 0.15) is 10.6 Å². The van der Waals surface area contributed by atoms with E-state index in [4.69, 9.17) is 0 Å². The number of aliphatic hydroxyl groups is 1. The lowest BCUT2D eigenvalue weighted by molar-refractivity contribution is -0.275. The number of benzene rings is 1. The normalized spacial score (nSPS) is 13.5. The zero-order chi connectivity index (χ0) is 16.5. The predicted molar refractivity (Wildman–Crippen MR) is 69.2 cm³/mol. The SMILES string of the molecule is CN(CC(C)(C)O)S(=O)(=O)c1ccccc1OC(F)(F)F. The summed E-state index contributed by atoms with van der Waals surface area (Å²) >= 11 is 0. The Labute approximate surface area is 121 Å². The van der Waals surface area contributed by atoms with E-state index in [1.54, 1.807) is 0 Å². The molecule has 0 aliphatic rings. The molecule has 0 saturated heterocycles. The molecular formula is C12H16F3NO4S. The topological polar surface area (TPSA) is 66.8 Å². The highest BCUT2D eigenvalue weighted by Gasteiger charge is 2.35. The number of halogens is 3. The summed E-state index contributed by atoms with van der Waals surface area (Å²) in [6, 6.07) is 4.44. The number of likely N-dealkylation sites (N-methyl/N-ethyl adjacent to an activating group) is 1. The molecule has 0 saturated carbocycles. The van der Waals surface area contributed by atoms with Crippen LogP contribution in [0.4, 0.5) is 13.2 Å². The van der Waals surface area contributed by atoms with Gasteiger partial charge in [-0.2, -0.15) is 4.31 Å². The van der Waals surface area contributed by atoms with Crippen LogP contribution in [0.1, 0.15) is 13.8 Å². The number of rotatable bonds is 5. The Morgan fingerprint density at radius 3 is 2.24 bits per heavy atom. The minimum Gasteiger partial charge on any atom is -0.404 e. The Bertz CT molecular complexity index is 593. The Kier molecular flexibility index (Phi) is 4.91. The van der Waals surface area contributed by atoms with Crippen LogP contribution in [0.15, 0.2) is 29.2 Å². The quantitative estimate of drug-likeness (QED) is 0.898. The molecule has 1 aromatic rings. The lowest BCUT2D eigenvalue weighted by Gasteiger charge is -2.25. The molecule has 1 aromatic carbocycles. The molecule has 0 atom stereocenters. The molecule has 0 spiro atoms. The summed E-state index contributed by atoms with van der Waals surface area (Å²) in [5.41, 5.74) is -1.33. The van der Waals surface area contributed by atoms with Gasteiger partial charge in [0.2, 0.25) is 10.0 Å². The molecule has 0 radical (unpaired) electrons. The molecule has 9 heteroatoms. The number of hydrogen-bond acceptors (Lipinski definition) is 4. The number of sulfonamides is 1. The van der Waals surface area contributed by atoms with Gasteiger partial charge in [-0.05, 0) is 26.0 Å². The molecule has 1 rings (SSSR count). The van der Waals surface area contributed by atoms with Crippen molar-refractivity contribution < 1.29 is 31.4 Å². The van der Waals surface area contributed by atoms with Crippen molar-refractivity contribution in [3.63, 3.8) is 0 Å². The lowest BCUT2D eigenvalue weighted by Crippen LogP contribution is -2.39. The van der Waals surface area contributed by atoms with Crippen LogP contribution in [-0.4, -0.2) is 43.4 Å². The highest BCUT2D eigenvalue weighted by atomic mass is 32.2. The molecule has 0 amide bonds. The largest absolute Gasteiger partial charge is 0.573 e. The van der Waals surface area contributed by atoms with E-state index in [2.05, 4.69) is 4.74 Å². The fraction of sp³-hybridized carbons (Fsp3) is 0.500. The number of nitrogens with zero attached hydrogens (tertiary/aromatic N) is 1. The highest BCUT2D eigenvalue weighted by molar-refractivity contribution is 7.89. The molecule has 21 heavy (non-hydrogen) atoms. The van der Waals surface area contributed by atoms with Gasteiger partial charge in [0.15, 0.2) is 0 Å². The van der Waals surface area contributed by atoms with Crippen molar-refractivity contribution >= 4 is 10.0 Å². The third-order valence-electron chi connectivity index (χ3n) is 2.37. The second-order valence-corrected chi connectivity index (χ2v) is 7.08. The van der Waals surface area contributed by atoms with Crippen molar-refractivity contribution in [3.05, 3.63) is 24.3 Å². The highest BCUT2D eigenvalue weighted by Crippen LogP contribution is 2.31. The fourth-order valence-electron chi connectivity index (χ4n) is 1.67. The summed E-state index contributed by atoms with van der Waals surface area (Å²) in [5.74, 6) is -0.812. The smallest absolute Gasteiger partial charge is 0.404 e. The van der Waals surface area contributed by atoms with E-state index in [-0.39, 0.29) is 6.54 Å². The summed E-state index contributed by atoms with van der Waals surface area (Å²) < 4.78 is 66.0. The van der Waals surface area contributed by atoms with Crippen molar-refractivity contribution in [2.75, 3.05) is 13.6 Å². The second kappa shape index (κ2) is 5.82.